The molecule has 1 heterocycles. The molecule has 2 rings (SSSR count). The summed E-state index contributed by atoms with van der Waals surface area (Å²) < 4.78 is 19.6. The van der Waals surface area contributed by atoms with Gasteiger partial charge < -0.3 is 9.84 Å². The van der Waals surface area contributed by atoms with Gasteiger partial charge in [-0.1, -0.05) is 39.1 Å². The summed E-state index contributed by atoms with van der Waals surface area (Å²) in [5.41, 5.74) is 3.58. The summed E-state index contributed by atoms with van der Waals surface area (Å²) in [5, 5.41) is 9.33. The van der Waals surface area contributed by atoms with Crippen LogP contribution in [-0.4, -0.2) is 10.1 Å². The predicted octanol–water partition coefficient (Wildman–Crippen LogP) is 3.61. The highest BCUT2D eigenvalue weighted by atomic mass is 31.0. The molecule has 2 unspecified atom stereocenters. The molecule has 0 radical (unpaired) electrons. The van der Waals surface area contributed by atoms with Gasteiger partial charge in [0.2, 0.25) is 0 Å². The highest BCUT2D eigenvalue weighted by Crippen LogP contribution is 2.37. The normalized spacial score (nSPS) is 12.2. The molecule has 112 valence electrons. The Labute approximate surface area is 126 Å². The van der Waals surface area contributed by atoms with Gasteiger partial charge in [-0.2, -0.15) is 0 Å². The van der Waals surface area contributed by atoms with E-state index >= 15 is 0 Å². The lowest BCUT2D eigenvalue weighted by Crippen LogP contribution is -2.05. The third kappa shape index (κ3) is 3.78. The maximum atomic E-state index is 13.8. The number of aryl methyl sites for hydroxylation is 2. The Hall–Kier alpha value is -1.51. The van der Waals surface area contributed by atoms with Crippen LogP contribution in [0.5, 0.6) is 5.75 Å². The van der Waals surface area contributed by atoms with Gasteiger partial charge in [0, 0.05) is 17.3 Å². The average Bonchev–Trinajstić information content (AvgIpc) is 2.47. The van der Waals surface area contributed by atoms with Crippen molar-refractivity contribution >= 4 is 9.24 Å². The summed E-state index contributed by atoms with van der Waals surface area (Å²) in [5.74, 6) is -0.897. The van der Waals surface area contributed by atoms with E-state index in [0.29, 0.717) is 29.2 Å². The fourth-order valence-corrected chi connectivity index (χ4v) is 2.46. The summed E-state index contributed by atoms with van der Waals surface area (Å²) in [6.07, 6.45) is 1.49. The van der Waals surface area contributed by atoms with E-state index in [-0.39, 0.29) is 6.61 Å². The van der Waals surface area contributed by atoms with Crippen molar-refractivity contribution in [2.75, 3.05) is 0 Å². The second kappa shape index (κ2) is 6.97. The van der Waals surface area contributed by atoms with Crippen molar-refractivity contribution in [1.29, 1.82) is 0 Å². The quantitative estimate of drug-likeness (QED) is 0.858. The maximum Gasteiger partial charge on any atom is 0.147 e. The SMILES string of the molecule is Cc1ccc(COc2c(C)ncc(CO)c2C(F)P)cc1. The molecular formula is C16H19FNO2P. The lowest BCUT2D eigenvalue weighted by Gasteiger charge is -2.17. The van der Waals surface area contributed by atoms with Gasteiger partial charge in [-0.05, 0) is 19.4 Å². The van der Waals surface area contributed by atoms with E-state index in [1.807, 2.05) is 31.2 Å². The van der Waals surface area contributed by atoms with Crippen molar-refractivity contribution in [2.24, 2.45) is 0 Å². The van der Waals surface area contributed by atoms with Gasteiger partial charge in [0.25, 0.3) is 0 Å². The molecule has 2 aromatic rings. The molecule has 0 aliphatic carbocycles. The Morgan fingerprint density at radius 1 is 1.29 bits per heavy atom. The minimum Gasteiger partial charge on any atom is -0.487 e. The highest BCUT2D eigenvalue weighted by molar-refractivity contribution is 7.16. The number of ether oxygens (including phenoxy) is 1. The number of hydrogen-bond donors (Lipinski definition) is 1. The van der Waals surface area contributed by atoms with Gasteiger partial charge in [0.1, 0.15) is 18.3 Å². The average molecular weight is 307 g/mol. The molecule has 5 heteroatoms. The zero-order valence-electron chi connectivity index (χ0n) is 12.1. The number of aliphatic hydroxyl groups excluding tert-OH is 1. The molecule has 0 amide bonds. The fourth-order valence-electron chi connectivity index (χ4n) is 2.09. The van der Waals surface area contributed by atoms with E-state index in [2.05, 4.69) is 14.2 Å². The first kappa shape index (κ1) is 15.9. The van der Waals surface area contributed by atoms with E-state index in [1.54, 1.807) is 6.92 Å². The molecule has 0 fully saturated rings. The Kier molecular flexibility index (Phi) is 5.27. The van der Waals surface area contributed by atoms with Gasteiger partial charge in [-0.3, -0.25) is 4.98 Å². The Balaban J connectivity index is 2.28. The number of hydrogen-bond acceptors (Lipinski definition) is 3. The van der Waals surface area contributed by atoms with Crippen molar-refractivity contribution < 1.29 is 14.2 Å². The maximum absolute atomic E-state index is 13.8. The molecule has 0 aliphatic rings. The first-order valence-corrected chi connectivity index (χ1v) is 7.36. The number of nitrogens with zero attached hydrogens (tertiary/aromatic N) is 1. The topological polar surface area (TPSA) is 42.4 Å². The molecule has 1 aromatic heterocycles. The number of pyridine rings is 1. The van der Waals surface area contributed by atoms with Crippen LogP contribution in [0.15, 0.2) is 30.5 Å². The largest absolute Gasteiger partial charge is 0.487 e. The minimum atomic E-state index is -1.30. The molecule has 0 saturated heterocycles. The molecule has 1 aromatic carbocycles. The summed E-state index contributed by atoms with van der Waals surface area (Å²) in [6.45, 7) is 3.85. The van der Waals surface area contributed by atoms with E-state index in [1.165, 1.54) is 11.8 Å². The molecule has 0 saturated carbocycles. The van der Waals surface area contributed by atoms with Crippen molar-refractivity contribution in [3.8, 4) is 5.75 Å². The second-order valence-electron chi connectivity index (χ2n) is 4.95. The third-order valence-electron chi connectivity index (χ3n) is 3.28. The van der Waals surface area contributed by atoms with Crippen molar-refractivity contribution in [3.05, 3.63) is 58.4 Å². The lowest BCUT2D eigenvalue weighted by molar-refractivity contribution is 0.268. The van der Waals surface area contributed by atoms with Gasteiger partial charge >= 0.3 is 0 Å². The van der Waals surface area contributed by atoms with E-state index in [9.17, 15) is 9.50 Å². The third-order valence-corrected chi connectivity index (χ3v) is 3.62. The first-order chi connectivity index (χ1) is 10.0. The Morgan fingerprint density at radius 3 is 2.52 bits per heavy atom. The molecule has 3 nitrogen and oxygen atoms in total. The summed E-state index contributed by atoms with van der Waals surface area (Å²) in [6, 6.07) is 7.95. The van der Waals surface area contributed by atoms with Crippen molar-refractivity contribution in [3.63, 3.8) is 0 Å². The Morgan fingerprint density at radius 2 is 1.95 bits per heavy atom. The second-order valence-corrected chi connectivity index (χ2v) is 5.53. The van der Waals surface area contributed by atoms with Gasteiger partial charge in [0.05, 0.1) is 12.3 Å². The number of aromatic nitrogens is 1. The van der Waals surface area contributed by atoms with Crippen LogP contribution in [-0.2, 0) is 13.2 Å². The zero-order chi connectivity index (χ0) is 15.4. The number of benzene rings is 1. The molecule has 0 aliphatic heterocycles. The number of aliphatic hydroxyl groups is 1. The zero-order valence-corrected chi connectivity index (χ0v) is 13.3. The van der Waals surface area contributed by atoms with Crippen LogP contribution in [0.1, 0.15) is 33.9 Å². The van der Waals surface area contributed by atoms with Crippen LogP contribution in [0.3, 0.4) is 0 Å². The summed E-state index contributed by atoms with van der Waals surface area (Å²) in [7, 11) is 2.09. The van der Waals surface area contributed by atoms with Gasteiger partial charge in [-0.25, -0.2) is 4.39 Å². The van der Waals surface area contributed by atoms with Gasteiger partial charge in [-0.15, -0.1) is 0 Å². The van der Waals surface area contributed by atoms with Crippen LogP contribution in [0.25, 0.3) is 0 Å². The monoisotopic (exact) mass is 307 g/mol. The standard InChI is InChI=1S/C16H19FNO2P/c1-10-3-5-12(6-4-10)9-20-15-11(2)18-7-13(8-19)14(15)16(17)21/h3-7,16,19H,8-9,21H2,1-2H3. The fraction of sp³-hybridized carbons (Fsp3) is 0.312. The van der Waals surface area contributed by atoms with Crippen LogP contribution in [0.4, 0.5) is 4.39 Å². The van der Waals surface area contributed by atoms with Gasteiger partial charge in [0.15, 0.2) is 0 Å². The van der Waals surface area contributed by atoms with Crippen molar-refractivity contribution in [1.82, 2.24) is 4.98 Å². The summed E-state index contributed by atoms with van der Waals surface area (Å²) >= 11 is 0. The highest BCUT2D eigenvalue weighted by Gasteiger charge is 2.19. The van der Waals surface area contributed by atoms with E-state index in [0.717, 1.165) is 5.56 Å². The summed E-state index contributed by atoms with van der Waals surface area (Å²) in [4.78, 5) is 4.16. The number of halogens is 1. The Bertz CT molecular complexity index is 614. The van der Waals surface area contributed by atoms with Crippen LogP contribution in [0.2, 0.25) is 0 Å². The van der Waals surface area contributed by atoms with Crippen LogP contribution >= 0.6 is 9.24 Å². The van der Waals surface area contributed by atoms with Crippen LogP contribution < -0.4 is 4.74 Å². The predicted molar refractivity (Wildman–Crippen MR) is 84.0 cm³/mol. The molecule has 2 atom stereocenters. The van der Waals surface area contributed by atoms with E-state index in [4.69, 9.17) is 4.74 Å². The van der Waals surface area contributed by atoms with Crippen molar-refractivity contribution in [2.45, 2.75) is 33.0 Å². The minimum absolute atomic E-state index is 0.266. The molecule has 0 spiro atoms. The van der Waals surface area contributed by atoms with E-state index < -0.39 is 5.91 Å². The molecular weight excluding hydrogens is 288 g/mol. The molecule has 0 bridgehead atoms. The lowest BCUT2D eigenvalue weighted by atomic mass is 10.1. The molecule has 1 N–H and O–H groups in total. The number of alkyl halides is 1. The molecule has 21 heavy (non-hydrogen) atoms. The van der Waals surface area contributed by atoms with Crippen LogP contribution in [0, 0.1) is 13.8 Å². The number of rotatable bonds is 5. The first-order valence-electron chi connectivity index (χ1n) is 6.70. The smallest absolute Gasteiger partial charge is 0.147 e.